The Labute approximate surface area is 189 Å². The summed E-state index contributed by atoms with van der Waals surface area (Å²) in [7, 11) is 0. The maximum absolute atomic E-state index is 13.9. The van der Waals surface area contributed by atoms with Gasteiger partial charge >= 0.3 is 12.2 Å². The second kappa shape index (κ2) is 7.28. The predicted octanol–water partition coefficient (Wildman–Crippen LogP) is 6.32. The van der Waals surface area contributed by atoms with Crippen LogP contribution in [0.15, 0.2) is 36.5 Å². The van der Waals surface area contributed by atoms with Crippen molar-refractivity contribution in [3.63, 3.8) is 0 Å². The van der Waals surface area contributed by atoms with E-state index in [-0.39, 0.29) is 16.4 Å². The monoisotopic (exact) mass is 460 g/mol. The number of halogens is 4. The van der Waals surface area contributed by atoms with Crippen molar-refractivity contribution in [1.29, 1.82) is 0 Å². The lowest BCUT2D eigenvalue weighted by molar-refractivity contribution is -0.369. The van der Waals surface area contributed by atoms with Crippen LogP contribution in [0.1, 0.15) is 64.3 Å². The minimum atomic E-state index is -4.08. The molecule has 1 aliphatic rings. The molecule has 0 bridgehead atoms. The van der Waals surface area contributed by atoms with E-state index in [9.17, 15) is 17.6 Å². The Balaban J connectivity index is 1.74. The fraction of sp³-hybridized carbons (Fsp3) is 0.417. The Morgan fingerprint density at radius 1 is 0.697 bits per heavy atom. The molecule has 4 rings (SSSR count). The van der Waals surface area contributed by atoms with Crippen LogP contribution >= 0.6 is 0 Å². The highest BCUT2D eigenvalue weighted by atomic mass is 19.3. The highest BCUT2D eigenvalue weighted by Gasteiger charge is 2.57. The number of fused-ring (bicyclic) bond motifs is 1. The van der Waals surface area contributed by atoms with Gasteiger partial charge < -0.3 is 0 Å². The van der Waals surface area contributed by atoms with E-state index in [1.54, 1.807) is 12.1 Å². The van der Waals surface area contributed by atoms with E-state index in [2.05, 4.69) is 24.7 Å². The molecule has 0 saturated heterocycles. The lowest BCUT2D eigenvalue weighted by Crippen LogP contribution is -2.24. The van der Waals surface area contributed by atoms with Gasteiger partial charge in [0.15, 0.2) is 5.82 Å². The van der Waals surface area contributed by atoms with Gasteiger partial charge in [0.1, 0.15) is 11.6 Å². The Bertz CT molecular complexity index is 1180. The van der Waals surface area contributed by atoms with E-state index < -0.39 is 23.3 Å². The molecule has 33 heavy (non-hydrogen) atoms. The number of hydrogen-bond acceptors (Lipinski definition) is 5. The van der Waals surface area contributed by atoms with Crippen molar-refractivity contribution in [3.8, 4) is 22.6 Å². The highest BCUT2D eigenvalue weighted by molar-refractivity contribution is 5.65. The average molecular weight is 460 g/mol. The first-order valence-electron chi connectivity index (χ1n) is 10.4. The van der Waals surface area contributed by atoms with Gasteiger partial charge in [-0.2, -0.15) is 17.6 Å². The number of rotatable bonds is 2. The van der Waals surface area contributed by atoms with Gasteiger partial charge in [0.2, 0.25) is 0 Å². The van der Waals surface area contributed by atoms with Gasteiger partial charge in [-0.3, -0.25) is 4.98 Å². The normalized spacial score (nSPS) is 17.2. The van der Waals surface area contributed by atoms with Gasteiger partial charge in [-0.1, -0.05) is 47.6 Å². The molecule has 0 fully saturated rings. The molecule has 1 aromatic carbocycles. The third-order valence-electron chi connectivity index (χ3n) is 5.20. The maximum Gasteiger partial charge on any atom is 0.388 e. The van der Waals surface area contributed by atoms with Gasteiger partial charge in [-0.15, -0.1) is 0 Å². The van der Waals surface area contributed by atoms with Gasteiger partial charge in [0, 0.05) is 28.2 Å². The van der Waals surface area contributed by atoms with Gasteiger partial charge in [-0.25, -0.2) is 19.7 Å². The summed E-state index contributed by atoms with van der Waals surface area (Å²) in [5.41, 5.74) is -1.08. The van der Waals surface area contributed by atoms with E-state index >= 15 is 0 Å². The second-order valence-electron chi connectivity index (χ2n) is 10.1. The minimum absolute atomic E-state index is 0.266. The fourth-order valence-electron chi connectivity index (χ4n) is 3.34. The van der Waals surface area contributed by atoms with Crippen LogP contribution in [0.3, 0.4) is 0 Å². The van der Waals surface area contributed by atoms with Gasteiger partial charge in [0.25, 0.3) is 0 Å². The Kier molecular flexibility index (Phi) is 5.12. The molecule has 0 aliphatic carbocycles. The Hall–Kier alpha value is -2.94. The molecule has 174 valence electrons. The van der Waals surface area contributed by atoms with E-state index in [1.807, 2.05) is 41.5 Å². The summed E-state index contributed by atoms with van der Waals surface area (Å²) in [6, 6.07) is 6.57. The predicted molar refractivity (Wildman–Crippen MR) is 115 cm³/mol. The number of hydrogen-bond donors (Lipinski definition) is 0. The zero-order valence-electron chi connectivity index (χ0n) is 19.2. The zero-order chi connectivity index (χ0) is 24.4. The fourth-order valence-corrected chi connectivity index (χ4v) is 3.34. The molecule has 0 radical (unpaired) electrons. The van der Waals surface area contributed by atoms with Crippen molar-refractivity contribution in [3.05, 3.63) is 59.3 Å². The minimum Gasteiger partial charge on any atom is -0.255 e. The largest absolute Gasteiger partial charge is 0.388 e. The molecule has 0 amide bonds. The molecule has 3 heterocycles. The van der Waals surface area contributed by atoms with E-state index in [0.717, 1.165) is 12.1 Å². The number of pyridine rings is 1. The van der Waals surface area contributed by atoms with Crippen LogP contribution < -0.4 is 0 Å². The van der Waals surface area contributed by atoms with Crippen LogP contribution in [-0.4, -0.2) is 19.9 Å². The summed E-state index contributed by atoms with van der Waals surface area (Å²) in [5.74, 6) is 1.74. The third kappa shape index (κ3) is 4.34. The standard InChI is InChI=1S/C24H24F4N4O/c1-21(2,3)19-30-18(31-20(32-19)22(4,5)6)14-8-10-17(29-12-14)13-7-9-15-16(11-13)24(27,28)33-23(15,25)26/h7-12H,1-6H3. The summed E-state index contributed by atoms with van der Waals surface area (Å²) < 4.78 is 58.9. The van der Waals surface area contributed by atoms with E-state index in [4.69, 9.17) is 0 Å². The number of nitrogens with zero attached hydrogens (tertiary/aromatic N) is 4. The van der Waals surface area contributed by atoms with Crippen LogP contribution in [0.25, 0.3) is 22.6 Å². The average Bonchev–Trinajstić information content (AvgIpc) is 2.90. The topological polar surface area (TPSA) is 60.8 Å². The summed E-state index contributed by atoms with van der Waals surface area (Å²) in [6.07, 6.45) is -6.59. The zero-order valence-corrected chi connectivity index (χ0v) is 19.2. The molecule has 0 saturated carbocycles. The lowest BCUT2D eigenvalue weighted by atomic mass is 9.93. The molecular formula is C24H24F4N4O. The van der Waals surface area contributed by atoms with Crippen LogP contribution in [-0.2, 0) is 27.8 Å². The number of aromatic nitrogens is 4. The van der Waals surface area contributed by atoms with E-state index in [0.29, 0.717) is 28.7 Å². The summed E-state index contributed by atoms with van der Waals surface area (Å²) in [5, 5.41) is 0. The Morgan fingerprint density at radius 3 is 1.76 bits per heavy atom. The summed E-state index contributed by atoms with van der Waals surface area (Å²) in [4.78, 5) is 18.2. The first-order valence-corrected chi connectivity index (χ1v) is 10.4. The molecule has 0 N–H and O–H groups in total. The Morgan fingerprint density at radius 2 is 1.24 bits per heavy atom. The summed E-state index contributed by atoms with van der Waals surface area (Å²) >= 11 is 0. The quantitative estimate of drug-likeness (QED) is 0.419. The van der Waals surface area contributed by atoms with Crippen molar-refractivity contribution in [1.82, 2.24) is 19.9 Å². The lowest BCUT2D eigenvalue weighted by Gasteiger charge is -2.22. The second-order valence-corrected chi connectivity index (χ2v) is 10.1. The molecule has 0 atom stereocenters. The van der Waals surface area contributed by atoms with Crippen molar-refractivity contribution >= 4 is 0 Å². The maximum atomic E-state index is 13.9. The highest BCUT2D eigenvalue weighted by Crippen LogP contribution is 2.51. The van der Waals surface area contributed by atoms with Gasteiger partial charge in [0.05, 0.1) is 16.8 Å². The smallest absolute Gasteiger partial charge is 0.255 e. The molecule has 0 unspecified atom stereocenters. The number of benzene rings is 1. The molecule has 0 spiro atoms. The SMILES string of the molecule is CC(C)(C)c1nc(-c2ccc(-c3ccc4c(c3)C(F)(F)OC4(F)F)nc2)nc(C(C)(C)C)n1. The number of ether oxygens (including phenoxy) is 1. The molecule has 1 aliphatic heterocycles. The van der Waals surface area contributed by atoms with Crippen LogP contribution in [0.4, 0.5) is 17.6 Å². The summed E-state index contributed by atoms with van der Waals surface area (Å²) in [6.45, 7) is 12.1. The van der Waals surface area contributed by atoms with Crippen molar-refractivity contribution in [2.24, 2.45) is 0 Å². The number of alkyl halides is 4. The molecule has 2 aromatic heterocycles. The van der Waals surface area contributed by atoms with Crippen molar-refractivity contribution in [2.45, 2.75) is 64.6 Å². The van der Waals surface area contributed by atoms with Crippen LogP contribution in [0.5, 0.6) is 0 Å². The first-order chi connectivity index (χ1) is 15.1. The molecule has 5 nitrogen and oxygen atoms in total. The van der Waals surface area contributed by atoms with Crippen LogP contribution in [0, 0.1) is 0 Å². The third-order valence-corrected chi connectivity index (χ3v) is 5.20. The van der Waals surface area contributed by atoms with Gasteiger partial charge in [-0.05, 0) is 24.3 Å². The van der Waals surface area contributed by atoms with Crippen molar-refractivity contribution in [2.75, 3.05) is 0 Å². The molecular weight excluding hydrogens is 436 g/mol. The molecule has 3 aromatic rings. The first kappa shape index (κ1) is 23.2. The van der Waals surface area contributed by atoms with Crippen LogP contribution in [0.2, 0.25) is 0 Å². The van der Waals surface area contributed by atoms with Crippen molar-refractivity contribution < 1.29 is 22.3 Å². The van der Waals surface area contributed by atoms with E-state index in [1.165, 1.54) is 12.3 Å². The molecule has 9 heteroatoms.